The molecule has 1 N–H and O–H groups in total. The molecule has 142 valence electrons. The number of hydrogen-bond acceptors (Lipinski definition) is 4. The fourth-order valence-electron chi connectivity index (χ4n) is 3.83. The van der Waals surface area contributed by atoms with Gasteiger partial charge in [-0.3, -0.25) is 0 Å². The number of rotatable bonds is 3. The summed E-state index contributed by atoms with van der Waals surface area (Å²) in [5.74, 6) is 0.642. The number of nitrogens with one attached hydrogen (secondary N) is 1. The van der Waals surface area contributed by atoms with Gasteiger partial charge in [-0.2, -0.15) is 0 Å². The van der Waals surface area contributed by atoms with Gasteiger partial charge in [0.25, 0.3) is 0 Å². The highest BCUT2D eigenvalue weighted by Gasteiger charge is 2.23. The van der Waals surface area contributed by atoms with Crippen LogP contribution in [0.2, 0.25) is 0 Å². The molecule has 3 aromatic rings. The summed E-state index contributed by atoms with van der Waals surface area (Å²) in [6.07, 6.45) is 3.04. The average molecular weight is 387 g/mol. The molecule has 0 amide bonds. The Kier molecular flexibility index (Phi) is 4.52. The number of sulfone groups is 1. The first-order valence-corrected chi connectivity index (χ1v) is 10.9. The molecule has 0 aliphatic carbocycles. The summed E-state index contributed by atoms with van der Waals surface area (Å²) < 4.78 is 40.4. The molecule has 0 spiro atoms. The van der Waals surface area contributed by atoms with Crippen LogP contribution >= 0.6 is 0 Å². The molecule has 1 aromatic heterocycles. The summed E-state index contributed by atoms with van der Waals surface area (Å²) in [7, 11) is -1.46. The summed E-state index contributed by atoms with van der Waals surface area (Å²) >= 11 is 0. The molecule has 1 aliphatic rings. The Balaban J connectivity index is 1.79. The third-order valence-electron chi connectivity index (χ3n) is 5.32. The highest BCUT2D eigenvalue weighted by Crippen LogP contribution is 2.33. The second-order valence-corrected chi connectivity index (χ2v) is 9.17. The number of aromatic nitrogens is 2. The average Bonchev–Trinajstić information content (AvgIpc) is 2.99. The van der Waals surface area contributed by atoms with Gasteiger partial charge < -0.3 is 9.88 Å². The van der Waals surface area contributed by atoms with E-state index in [0.29, 0.717) is 16.9 Å². The second kappa shape index (κ2) is 6.73. The Bertz CT molecular complexity index is 1100. The van der Waals surface area contributed by atoms with Crippen molar-refractivity contribution in [1.29, 1.82) is 0 Å². The van der Waals surface area contributed by atoms with E-state index in [1.165, 1.54) is 6.26 Å². The summed E-state index contributed by atoms with van der Waals surface area (Å²) in [5.41, 5.74) is 2.61. The zero-order valence-corrected chi connectivity index (χ0v) is 16.2. The fourth-order valence-corrected chi connectivity index (χ4v) is 4.46. The first-order chi connectivity index (χ1) is 12.9. The monoisotopic (exact) mass is 387 g/mol. The van der Waals surface area contributed by atoms with E-state index >= 15 is 4.39 Å². The Labute approximate surface area is 158 Å². The predicted octanol–water partition coefficient (Wildman–Crippen LogP) is 3.25. The van der Waals surface area contributed by atoms with Gasteiger partial charge in [-0.15, -0.1) is 0 Å². The Morgan fingerprint density at radius 1 is 1.11 bits per heavy atom. The van der Waals surface area contributed by atoms with Crippen LogP contribution in [-0.4, -0.2) is 37.3 Å². The Hall–Kier alpha value is -2.25. The van der Waals surface area contributed by atoms with Gasteiger partial charge in [0, 0.05) is 18.9 Å². The van der Waals surface area contributed by atoms with Gasteiger partial charge in [-0.05, 0) is 67.7 Å². The number of piperidine rings is 1. The molecule has 4 rings (SSSR count). The standard InChI is InChI=1S/C20H22FN3O2S/c1-24-19-17(8-7-16(18(19)21)13-9-11-22-12-10-13)23-20(24)14-3-5-15(6-4-14)27(2,25)26/h3-8,13,22H,9-12H2,1-2H3. The third-order valence-corrected chi connectivity index (χ3v) is 6.45. The van der Waals surface area contributed by atoms with Crippen LogP contribution in [0.1, 0.15) is 24.3 Å². The maximum Gasteiger partial charge on any atom is 0.175 e. The zero-order valence-electron chi connectivity index (χ0n) is 15.4. The summed E-state index contributed by atoms with van der Waals surface area (Å²) in [5, 5.41) is 3.31. The van der Waals surface area contributed by atoms with Crippen molar-refractivity contribution < 1.29 is 12.8 Å². The highest BCUT2D eigenvalue weighted by atomic mass is 32.2. The van der Waals surface area contributed by atoms with E-state index in [1.807, 2.05) is 12.1 Å². The number of benzene rings is 2. The van der Waals surface area contributed by atoms with Crippen molar-refractivity contribution in [3.8, 4) is 11.4 Å². The van der Waals surface area contributed by atoms with E-state index in [4.69, 9.17) is 0 Å². The highest BCUT2D eigenvalue weighted by molar-refractivity contribution is 7.90. The van der Waals surface area contributed by atoms with Crippen molar-refractivity contribution in [3.63, 3.8) is 0 Å². The van der Waals surface area contributed by atoms with Gasteiger partial charge in [-0.25, -0.2) is 17.8 Å². The van der Waals surface area contributed by atoms with Crippen LogP contribution in [0.3, 0.4) is 0 Å². The molecule has 1 saturated heterocycles. The van der Waals surface area contributed by atoms with Crippen LogP contribution in [0.25, 0.3) is 22.4 Å². The van der Waals surface area contributed by atoms with Crippen LogP contribution in [0.15, 0.2) is 41.3 Å². The van der Waals surface area contributed by atoms with Crippen molar-refractivity contribution >= 4 is 20.9 Å². The number of fused-ring (bicyclic) bond motifs is 1. The Morgan fingerprint density at radius 3 is 2.41 bits per heavy atom. The first-order valence-electron chi connectivity index (χ1n) is 9.02. The predicted molar refractivity (Wildman–Crippen MR) is 104 cm³/mol. The quantitative estimate of drug-likeness (QED) is 0.749. The van der Waals surface area contributed by atoms with E-state index < -0.39 is 9.84 Å². The minimum Gasteiger partial charge on any atom is -0.325 e. The van der Waals surface area contributed by atoms with E-state index in [2.05, 4.69) is 10.3 Å². The van der Waals surface area contributed by atoms with Crippen molar-refractivity contribution in [2.45, 2.75) is 23.7 Å². The maximum absolute atomic E-state index is 15.3. The van der Waals surface area contributed by atoms with E-state index in [0.717, 1.165) is 37.1 Å². The van der Waals surface area contributed by atoms with Crippen molar-refractivity contribution in [3.05, 3.63) is 47.8 Å². The van der Waals surface area contributed by atoms with Crippen LogP contribution < -0.4 is 5.32 Å². The molecule has 0 atom stereocenters. The van der Waals surface area contributed by atoms with Gasteiger partial charge in [-0.1, -0.05) is 6.07 Å². The number of nitrogens with zero attached hydrogens (tertiary/aromatic N) is 2. The lowest BCUT2D eigenvalue weighted by Crippen LogP contribution is -2.27. The molecule has 0 unspecified atom stereocenters. The summed E-state index contributed by atoms with van der Waals surface area (Å²) in [6, 6.07) is 10.3. The second-order valence-electron chi connectivity index (χ2n) is 7.15. The van der Waals surface area contributed by atoms with Crippen LogP contribution in [0.5, 0.6) is 0 Å². The molecule has 1 aliphatic heterocycles. The van der Waals surface area contributed by atoms with Gasteiger partial charge in [0.2, 0.25) is 0 Å². The van der Waals surface area contributed by atoms with E-state index in [-0.39, 0.29) is 16.6 Å². The minimum absolute atomic E-state index is 0.201. The third kappa shape index (κ3) is 3.26. The smallest absolute Gasteiger partial charge is 0.175 e. The van der Waals surface area contributed by atoms with E-state index in [9.17, 15) is 8.42 Å². The van der Waals surface area contributed by atoms with Crippen molar-refractivity contribution in [2.24, 2.45) is 7.05 Å². The molecule has 2 aromatic carbocycles. The molecule has 7 heteroatoms. The lowest BCUT2D eigenvalue weighted by molar-refractivity contribution is 0.446. The number of halogens is 1. The Morgan fingerprint density at radius 2 is 1.78 bits per heavy atom. The van der Waals surface area contributed by atoms with Crippen LogP contribution in [-0.2, 0) is 16.9 Å². The van der Waals surface area contributed by atoms with Crippen LogP contribution in [0, 0.1) is 5.82 Å². The van der Waals surface area contributed by atoms with Gasteiger partial charge in [0.1, 0.15) is 11.3 Å². The molecule has 1 fully saturated rings. The normalized spacial score (nSPS) is 16.1. The molecule has 2 heterocycles. The number of imidazole rings is 1. The zero-order chi connectivity index (χ0) is 19.2. The number of hydrogen-bond donors (Lipinski definition) is 1. The minimum atomic E-state index is -3.25. The molecular formula is C20H22FN3O2S. The lowest BCUT2D eigenvalue weighted by atomic mass is 9.89. The summed E-state index contributed by atoms with van der Waals surface area (Å²) in [4.78, 5) is 4.84. The molecule has 0 radical (unpaired) electrons. The maximum atomic E-state index is 15.3. The fraction of sp³-hybridized carbons (Fsp3) is 0.350. The van der Waals surface area contributed by atoms with Crippen LogP contribution in [0.4, 0.5) is 4.39 Å². The summed E-state index contributed by atoms with van der Waals surface area (Å²) in [6.45, 7) is 1.82. The largest absolute Gasteiger partial charge is 0.325 e. The first kappa shape index (κ1) is 18.1. The molecule has 0 bridgehead atoms. The van der Waals surface area contributed by atoms with Crippen molar-refractivity contribution in [1.82, 2.24) is 14.9 Å². The van der Waals surface area contributed by atoms with Gasteiger partial charge in [0.15, 0.2) is 15.7 Å². The van der Waals surface area contributed by atoms with Gasteiger partial charge in [0.05, 0.1) is 10.4 Å². The van der Waals surface area contributed by atoms with Crippen molar-refractivity contribution in [2.75, 3.05) is 19.3 Å². The van der Waals surface area contributed by atoms with E-state index in [1.54, 1.807) is 35.9 Å². The number of aryl methyl sites for hydroxylation is 1. The molecule has 27 heavy (non-hydrogen) atoms. The lowest BCUT2D eigenvalue weighted by Gasteiger charge is -2.23. The molecule has 0 saturated carbocycles. The molecule has 5 nitrogen and oxygen atoms in total. The molecular weight excluding hydrogens is 365 g/mol. The van der Waals surface area contributed by atoms with Gasteiger partial charge >= 0.3 is 0 Å². The topological polar surface area (TPSA) is 64.0 Å². The SMILES string of the molecule is Cn1c(-c2ccc(S(C)(=O)=O)cc2)nc2ccc(C3CCNCC3)c(F)c21.